The lowest BCUT2D eigenvalue weighted by atomic mass is 9.84. The summed E-state index contributed by atoms with van der Waals surface area (Å²) in [5, 5.41) is 12.3. The molecule has 0 radical (unpaired) electrons. The number of thioether (sulfide) groups is 1. The number of nitrogens with one attached hydrogen (secondary N) is 1. The number of likely N-dealkylation sites (N-methyl/N-ethyl adjacent to an activating group) is 2. The standard InChI is InChI=1S/C23H41N3O4S/c1-14(2)16(13-15(3)21(29)30)26(10)20(28)17(22(4,5)6)24-19(27)18-23(7,8)31-12-11-25(18)9/h13-14,16-18H,11-12H2,1-10H3,(H,24,27)(H,29,30)/b15-13+/t16-,17?,18-/m1/s1. The normalized spacial score (nSPS) is 22.0. The second-order valence-corrected chi connectivity index (χ2v) is 12.2. The zero-order chi connectivity index (χ0) is 24.3. The van der Waals surface area contributed by atoms with Crippen LogP contribution in [0.25, 0.3) is 0 Å². The molecule has 1 heterocycles. The first kappa shape index (κ1) is 27.5. The van der Waals surface area contributed by atoms with Crippen molar-refractivity contribution in [1.29, 1.82) is 0 Å². The first-order valence-corrected chi connectivity index (χ1v) is 11.8. The molecule has 1 rings (SSSR count). The van der Waals surface area contributed by atoms with Crippen LogP contribution in [0, 0.1) is 11.3 Å². The van der Waals surface area contributed by atoms with Crippen LogP contribution < -0.4 is 5.32 Å². The fraction of sp³-hybridized carbons (Fsp3) is 0.783. The number of carboxylic acid groups (broad SMARTS) is 1. The lowest BCUT2D eigenvalue weighted by Gasteiger charge is -2.44. The van der Waals surface area contributed by atoms with Gasteiger partial charge in [0.05, 0.1) is 6.04 Å². The SMILES string of the molecule is C/C(=C\[C@H](C(C)C)N(C)C(=O)C(NC(=O)[C@H]1N(C)CCSC1(C)C)C(C)(C)C)C(=O)O. The van der Waals surface area contributed by atoms with Crippen LogP contribution in [-0.4, -0.2) is 82.0 Å². The number of nitrogens with zero attached hydrogens (tertiary/aromatic N) is 2. The fourth-order valence-electron chi connectivity index (χ4n) is 4.01. The van der Waals surface area contributed by atoms with Crippen molar-refractivity contribution in [3.8, 4) is 0 Å². The van der Waals surface area contributed by atoms with E-state index < -0.39 is 23.5 Å². The number of rotatable bonds is 7. The van der Waals surface area contributed by atoms with Gasteiger partial charge in [-0.05, 0) is 39.2 Å². The van der Waals surface area contributed by atoms with Gasteiger partial charge in [0.15, 0.2) is 0 Å². The van der Waals surface area contributed by atoms with Gasteiger partial charge in [0.25, 0.3) is 0 Å². The number of hydrogen-bond acceptors (Lipinski definition) is 5. The van der Waals surface area contributed by atoms with E-state index in [4.69, 9.17) is 0 Å². The van der Waals surface area contributed by atoms with E-state index >= 15 is 0 Å². The molecule has 0 aromatic rings. The quantitative estimate of drug-likeness (QED) is 0.574. The molecule has 178 valence electrons. The van der Waals surface area contributed by atoms with E-state index in [2.05, 4.69) is 24.1 Å². The topological polar surface area (TPSA) is 90.0 Å². The Morgan fingerprint density at radius 3 is 2.23 bits per heavy atom. The van der Waals surface area contributed by atoms with Crippen molar-refractivity contribution < 1.29 is 19.5 Å². The third-order valence-corrected chi connectivity index (χ3v) is 7.26. The van der Waals surface area contributed by atoms with Crippen LogP contribution in [0.5, 0.6) is 0 Å². The van der Waals surface area contributed by atoms with Crippen molar-refractivity contribution in [1.82, 2.24) is 15.1 Å². The molecule has 1 saturated heterocycles. The summed E-state index contributed by atoms with van der Waals surface area (Å²) in [6.45, 7) is 16.1. The Kier molecular flexibility index (Phi) is 9.21. The molecule has 7 nitrogen and oxygen atoms in total. The highest BCUT2D eigenvalue weighted by Crippen LogP contribution is 2.35. The smallest absolute Gasteiger partial charge is 0.331 e. The van der Waals surface area contributed by atoms with Crippen LogP contribution in [0.3, 0.4) is 0 Å². The maximum atomic E-state index is 13.6. The highest BCUT2D eigenvalue weighted by Gasteiger charge is 2.44. The molecule has 0 spiro atoms. The molecule has 31 heavy (non-hydrogen) atoms. The van der Waals surface area contributed by atoms with Crippen LogP contribution in [0.4, 0.5) is 0 Å². The van der Waals surface area contributed by atoms with Gasteiger partial charge in [0, 0.05) is 29.7 Å². The highest BCUT2D eigenvalue weighted by atomic mass is 32.2. The Labute approximate surface area is 192 Å². The average Bonchev–Trinajstić information content (AvgIpc) is 2.60. The second kappa shape index (κ2) is 10.4. The molecule has 1 aliphatic heterocycles. The van der Waals surface area contributed by atoms with Crippen LogP contribution in [-0.2, 0) is 14.4 Å². The number of hydrogen-bond donors (Lipinski definition) is 2. The van der Waals surface area contributed by atoms with Gasteiger partial charge in [0.2, 0.25) is 11.8 Å². The molecule has 8 heteroatoms. The molecule has 0 saturated carbocycles. The molecular formula is C23H41N3O4S. The van der Waals surface area contributed by atoms with E-state index in [1.165, 1.54) is 6.92 Å². The Bertz CT molecular complexity index is 712. The van der Waals surface area contributed by atoms with Gasteiger partial charge >= 0.3 is 5.97 Å². The minimum Gasteiger partial charge on any atom is -0.478 e. The highest BCUT2D eigenvalue weighted by molar-refractivity contribution is 8.00. The van der Waals surface area contributed by atoms with Crippen molar-refractivity contribution in [2.24, 2.45) is 11.3 Å². The lowest BCUT2D eigenvalue weighted by molar-refractivity contribution is -0.141. The first-order chi connectivity index (χ1) is 14.0. The molecule has 0 aromatic heterocycles. The molecule has 2 N–H and O–H groups in total. The third kappa shape index (κ3) is 6.97. The van der Waals surface area contributed by atoms with Gasteiger partial charge in [-0.3, -0.25) is 14.5 Å². The minimum absolute atomic E-state index is 0.0133. The summed E-state index contributed by atoms with van der Waals surface area (Å²) in [6.07, 6.45) is 1.61. The number of amides is 2. The first-order valence-electron chi connectivity index (χ1n) is 10.8. The average molecular weight is 456 g/mol. The van der Waals surface area contributed by atoms with E-state index in [1.54, 1.807) is 29.8 Å². The van der Waals surface area contributed by atoms with E-state index in [1.807, 2.05) is 41.7 Å². The van der Waals surface area contributed by atoms with Crippen molar-refractivity contribution in [2.75, 3.05) is 26.4 Å². The van der Waals surface area contributed by atoms with E-state index in [-0.39, 0.29) is 34.1 Å². The van der Waals surface area contributed by atoms with Crippen LogP contribution in [0.1, 0.15) is 55.4 Å². The molecule has 0 bridgehead atoms. The number of aliphatic carboxylic acids is 1. The van der Waals surface area contributed by atoms with Crippen molar-refractivity contribution >= 4 is 29.5 Å². The third-order valence-electron chi connectivity index (χ3n) is 5.90. The molecule has 1 fully saturated rings. The van der Waals surface area contributed by atoms with Crippen LogP contribution >= 0.6 is 11.8 Å². The van der Waals surface area contributed by atoms with Gasteiger partial charge < -0.3 is 15.3 Å². The summed E-state index contributed by atoms with van der Waals surface area (Å²) in [5.74, 6) is -0.410. The summed E-state index contributed by atoms with van der Waals surface area (Å²) < 4.78 is -0.268. The van der Waals surface area contributed by atoms with E-state index in [9.17, 15) is 19.5 Å². The Morgan fingerprint density at radius 2 is 1.81 bits per heavy atom. The Morgan fingerprint density at radius 1 is 1.26 bits per heavy atom. The molecule has 2 amide bonds. The molecule has 0 aromatic carbocycles. The Hall–Kier alpha value is -1.54. The zero-order valence-electron chi connectivity index (χ0n) is 20.8. The second-order valence-electron chi connectivity index (χ2n) is 10.5. The van der Waals surface area contributed by atoms with Gasteiger partial charge in [-0.25, -0.2) is 4.79 Å². The maximum absolute atomic E-state index is 13.6. The minimum atomic E-state index is -1.01. The van der Waals surface area contributed by atoms with E-state index in [0.29, 0.717) is 0 Å². The Balaban J connectivity index is 3.21. The lowest BCUT2D eigenvalue weighted by Crippen LogP contribution is -2.63. The van der Waals surface area contributed by atoms with Crippen molar-refractivity contribution in [3.63, 3.8) is 0 Å². The van der Waals surface area contributed by atoms with E-state index in [0.717, 1.165) is 12.3 Å². The number of carboxylic acids is 1. The molecule has 0 aliphatic carbocycles. The summed E-state index contributed by atoms with van der Waals surface area (Å²) in [7, 11) is 3.62. The zero-order valence-corrected chi connectivity index (χ0v) is 21.6. The molecular weight excluding hydrogens is 414 g/mol. The molecule has 3 atom stereocenters. The van der Waals surface area contributed by atoms with Crippen LogP contribution in [0.15, 0.2) is 11.6 Å². The molecule has 1 unspecified atom stereocenters. The van der Waals surface area contributed by atoms with Crippen molar-refractivity contribution in [3.05, 3.63) is 11.6 Å². The number of carbonyl (C=O) groups excluding carboxylic acids is 2. The maximum Gasteiger partial charge on any atom is 0.331 e. The summed E-state index contributed by atoms with van der Waals surface area (Å²) >= 11 is 1.77. The summed E-state index contributed by atoms with van der Waals surface area (Å²) in [5.41, 5.74) is -0.323. The van der Waals surface area contributed by atoms with Gasteiger partial charge in [-0.2, -0.15) is 11.8 Å². The monoisotopic (exact) mass is 455 g/mol. The predicted octanol–water partition coefficient (Wildman–Crippen LogP) is 2.86. The van der Waals surface area contributed by atoms with Crippen LogP contribution in [0.2, 0.25) is 0 Å². The van der Waals surface area contributed by atoms with Gasteiger partial charge in [-0.15, -0.1) is 0 Å². The van der Waals surface area contributed by atoms with Gasteiger partial charge in [0.1, 0.15) is 12.1 Å². The summed E-state index contributed by atoms with van der Waals surface area (Å²) in [4.78, 5) is 41.9. The predicted molar refractivity (Wildman–Crippen MR) is 127 cm³/mol. The summed E-state index contributed by atoms with van der Waals surface area (Å²) in [6, 6.07) is -1.47. The fourth-order valence-corrected chi connectivity index (χ4v) is 5.36. The van der Waals surface area contributed by atoms with Crippen molar-refractivity contribution in [2.45, 2.75) is 78.3 Å². The number of carbonyl (C=O) groups is 3. The van der Waals surface area contributed by atoms with Gasteiger partial charge in [-0.1, -0.05) is 40.7 Å². The molecule has 1 aliphatic rings. The largest absolute Gasteiger partial charge is 0.478 e.